The highest BCUT2D eigenvalue weighted by atomic mass is 35.5. The third-order valence-electron chi connectivity index (χ3n) is 3.24. The summed E-state index contributed by atoms with van der Waals surface area (Å²) in [7, 11) is 0. The largest absolute Gasteiger partial charge is 0.270 e. The van der Waals surface area contributed by atoms with Crippen molar-refractivity contribution in [3.63, 3.8) is 0 Å². The van der Waals surface area contributed by atoms with Crippen LogP contribution in [0.3, 0.4) is 0 Å². The van der Waals surface area contributed by atoms with Crippen molar-refractivity contribution in [1.82, 2.24) is 19.7 Å². The summed E-state index contributed by atoms with van der Waals surface area (Å²) in [6, 6.07) is 9.85. The van der Waals surface area contributed by atoms with Crippen molar-refractivity contribution in [2.75, 3.05) is 5.75 Å². The number of pyridine rings is 1. The number of rotatable bonds is 4. The average Bonchev–Trinajstić information content (AvgIpc) is 2.95. The van der Waals surface area contributed by atoms with E-state index in [1.165, 1.54) is 0 Å². The van der Waals surface area contributed by atoms with Crippen molar-refractivity contribution in [1.29, 1.82) is 0 Å². The molecule has 0 radical (unpaired) electrons. The van der Waals surface area contributed by atoms with Gasteiger partial charge in [-0.1, -0.05) is 36.4 Å². The lowest BCUT2D eigenvalue weighted by Crippen LogP contribution is -2.00. The number of hydrogen-bond acceptors (Lipinski definition) is 4. The molecule has 112 valence electrons. The van der Waals surface area contributed by atoms with E-state index < -0.39 is 0 Å². The maximum Gasteiger partial charge on any atom is 0.196 e. The van der Waals surface area contributed by atoms with Gasteiger partial charge in [0.15, 0.2) is 11.0 Å². The molecule has 1 aromatic carbocycles. The maximum atomic E-state index is 6.29. The number of thioether (sulfide) groups is 1. The van der Waals surface area contributed by atoms with Gasteiger partial charge in [-0.05, 0) is 42.5 Å². The minimum atomic E-state index is 0.732. The lowest BCUT2D eigenvalue weighted by atomic mass is 10.2. The molecule has 3 rings (SSSR count). The van der Waals surface area contributed by atoms with Crippen LogP contribution in [0, 0.1) is 6.92 Å². The topological polar surface area (TPSA) is 43.6 Å². The Morgan fingerprint density at radius 3 is 2.77 bits per heavy atom. The van der Waals surface area contributed by atoms with Gasteiger partial charge in [0.05, 0.1) is 5.69 Å². The second kappa shape index (κ2) is 6.50. The van der Waals surface area contributed by atoms with E-state index in [9.17, 15) is 0 Å². The van der Waals surface area contributed by atoms with Gasteiger partial charge in [0.25, 0.3) is 0 Å². The molecule has 0 aliphatic carbocycles. The molecule has 2 heterocycles. The number of halogens is 1. The Bertz CT molecular complexity index is 786. The third-order valence-corrected chi connectivity index (χ3v) is 4.46. The number of nitrogens with zero attached hydrogens (tertiary/aromatic N) is 4. The number of aryl methyl sites for hydroxylation is 1. The fourth-order valence-electron chi connectivity index (χ4n) is 2.13. The van der Waals surface area contributed by atoms with Crippen LogP contribution in [0.2, 0.25) is 5.02 Å². The molecule has 0 fully saturated rings. The van der Waals surface area contributed by atoms with Gasteiger partial charge in [-0.3, -0.25) is 9.55 Å². The van der Waals surface area contributed by atoms with Crippen LogP contribution < -0.4 is 0 Å². The van der Waals surface area contributed by atoms with E-state index in [0.717, 1.165) is 38.6 Å². The van der Waals surface area contributed by atoms with Crippen molar-refractivity contribution in [2.45, 2.75) is 19.0 Å². The molecule has 0 aliphatic rings. The Morgan fingerprint density at radius 1 is 1.23 bits per heavy atom. The van der Waals surface area contributed by atoms with E-state index >= 15 is 0 Å². The fourth-order valence-corrected chi connectivity index (χ4v) is 2.98. The zero-order valence-electron chi connectivity index (χ0n) is 12.3. The highest BCUT2D eigenvalue weighted by Gasteiger charge is 2.16. The minimum Gasteiger partial charge on any atom is -0.270 e. The molecule has 0 spiro atoms. The van der Waals surface area contributed by atoms with Crippen molar-refractivity contribution in [3.8, 4) is 17.1 Å². The van der Waals surface area contributed by atoms with Crippen molar-refractivity contribution in [3.05, 3.63) is 53.3 Å². The van der Waals surface area contributed by atoms with Gasteiger partial charge < -0.3 is 0 Å². The van der Waals surface area contributed by atoms with Gasteiger partial charge in [-0.25, -0.2) is 0 Å². The molecule has 4 nitrogen and oxygen atoms in total. The van der Waals surface area contributed by atoms with Crippen molar-refractivity contribution >= 4 is 23.4 Å². The van der Waals surface area contributed by atoms with Crippen LogP contribution in [0.25, 0.3) is 17.1 Å². The Hall–Kier alpha value is -1.85. The molecule has 0 unspecified atom stereocenters. The molecule has 3 aromatic rings. The van der Waals surface area contributed by atoms with Gasteiger partial charge in [0, 0.05) is 23.0 Å². The quantitative estimate of drug-likeness (QED) is 0.665. The third kappa shape index (κ3) is 2.87. The second-order valence-corrected chi connectivity index (χ2v) is 6.39. The van der Waals surface area contributed by atoms with E-state index in [2.05, 4.69) is 22.1 Å². The minimum absolute atomic E-state index is 0.732. The fraction of sp³-hybridized carbons (Fsp3) is 0.188. The maximum absolute atomic E-state index is 6.29. The van der Waals surface area contributed by atoms with Crippen LogP contribution in [0.4, 0.5) is 0 Å². The summed E-state index contributed by atoms with van der Waals surface area (Å²) >= 11 is 7.93. The Balaban J connectivity index is 2.19. The highest BCUT2D eigenvalue weighted by Crippen LogP contribution is 2.29. The number of benzene rings is 1. The van der Waals surface area contributed by atoms with E-state index in [4.69, 9.17) is 11.6 Å². The molecule has 0 bridgehead atoms. The van der Waals surface area contributed by atoms with Crippen molar-refractivity contribution in [2.24, 2.45) is 0 Å². The van der Waals surface area contributed by atoms with E-state index in [-0.39, 0.29) is 0 Å². The summed E-state index contributed by atoms with van der Waals surface area (Å²) in [5, 5.41) is 10.2. The van der Waals surface area contributed by atoms with Crippen LogP contribution in [0.15, 0.2) is 47.9 Å². The molecule has 0 aliphatic heterocycles. The summed E-state index contributed by atoms with van der Waals surface area (Å²) in [4.78, 5) is 4.17. The molecule has 6 heteroatoms. The van der Waals surface area contributed by atoms with Gasteiger partial charge in [0.2, 0.25) is 0 Å². The van der Waals surface area contributed by atoms with Gasteiger partial charge in [-0.2, -0.15) is 0 Å². The molecule has 0 amide bonds. The first-order valence-electron chi connectivity index (χ1n) is 6.96. The lowest BCUT2D eigenvalue weighted by Gasteiger charge is -2.11. The summed E-state index contributed by atoms with van der Waals surface area (Å²) in [5.41, 5.74) is 2.93. The first-order chi connectivity index (χ1) is 10.7. The smallest absolute Gasteiger partial charge is 0.196 e. The molecule has 0 atom stereocenters. The molecular formula is C16H15ClN4S. The summed E-state index contributed by atoms with van der Waals surface area (Å²) < 4.78 is 2.02. The Kier molecular flexibility index (Phi) is 4.45. The summed E-state index contributed by atoms with van der Waals surface area (Å²) in [6.07, 6.45) is 3.53. The molecule has 22 heavy (non-hydrogen) atoms. The predicted molar refractivity (Wildman–Crippen MR) is 90.7 cm³/mol. The molecular weight excluding hydrogens is 316 g/mol. The van der Waals surface area contributed by atoms with Crippen LogP contribution >= 0.6 is 23.4 Å². The molecule has 0 saturated heterocycles. The average molecular weight is 331 g/mol. The van der Waals surface area contributed by atoms with Crippen LogP contribution in [0.1, 0.15) is 12.5 Å². The SMILES string of the molecule is CCSc1nnc(-c2cccnc2)n1-c1ccc(C)c(Cl)c1. The predicted octanol–water partition coefficient (Wildman–Crippen LogP) is 4.40. The van der Waals surface area contributed by atoms with Gasteiger partial charge in [0.1, 0.15) is 0 Å². The summed E-state index contributed by atoms with van der Waals surface area (Å²) in [5.74, 6) is 1.69. The van der Waals surface area contributed by atoms with Gasteiger partial charge in [-0.15, -0.1) is 10.2 Å². The van der Waals surface area contributed by atoms with E-state index in [0.29, 0.717) is 0 Å². The monoisotopic (exact) mass is 330 g/mol. The van der Waals surface area contributed by atoms with E-state index in [1.54, 1.807) is 24.2 Å². The Morgan fingerprint density at radius 2 is 2.09 bits per heavy atom. The Labute approximate surface area is 138 Å². The van der Waals surface area contributed by atoms with Crippen LogP contribution in [0.5, 0.6) is 0 Å². The first-order valence-corrected chi connectivity index (χ1v) is 8.32. The van der Waals surface area contributed by atoms with Crippen molar-refractivity contribution < 1.29 is 0 Å². The zero-order valence-corrected chi connectivity index (χ0v) is 13.9. The second-order valence-electron chi connectivity index (χ2n) is 4.75. The summed E-state index contributed by atoms with van der Waals surface area (Å²) in [6.45, 7) is 4.08. The normalized spacial score (nSPS) is 10.9. The zero-order chi connectivity index (χ0) is 15.5. The van der Waals surface area contributed by atoms with Gasteiger partial charge >= 0.3 is 0 Å². The number of hydrogen-bond donors (Lipinski definition) is 0. The van der Waals surface area contributed by atoms with E-state index in [1.807, 2.05) is 41.8 Å². The van der Waals surface area contributed by atoms with Crippen LogP contribution in [-0.2, 0) is 0 Å². The number of aromatic nitrogens is 4. The lowest BCUT2D eigenvalue weighted by molar-refractivity contribution is 0.886. The first kappa shape index (κ1) is 15.1. The molecule has 0 saturated carbocycles. The molecule has 2 aromatic heterocycles. The molecule has 0 N–H and O–H groups in total. The highest BCUT2D eigenvalue weighted by molar-refractivity contribution is 7.99. The standard InChI is InChI=1S/C16H15ClN4S/c1-3-22-16-20-19-15(12-5-4-8-18-10-12)21(16)13-7-6-11(2)14(17)9-13/h4-10H,3H2,1-2H3. The van der Waals surface area contributed by atoms with Crippen LogP contribution in [-0.4, -0.2) is 25.5 Å².